The van der Waals surface area contributed by atoms with Crippen molar-refractivity contribution in [3.05, 3.63) is 48.5 Å². The van der Waals surface area contributed by atoms with Crippen LogP contribution in [0.15, 0.2) is 42.9 Å². The van der Waals surface area contributed by atoms with Crippen LogP contribution in [0.25, 0.3) is 10.4 Å². The number of hydrogen-bond acceptors (Lipinski definition) is 9. The first kappa shape index (κ1) is 18.3. The molecular weight excluding hydrogens is 378 g/mol. The Morgan fingerprint density at radius 3 is 2.79 bits per heavy atom. The first-order valence-electron chi connectivity index (χ1n) is 8.79. The van der Waals surface area contributed by atoms with Gasteiger partial charge < -0.3 is 19.7 Å². The first-order valence-corrected chi connectivity index (χ1v) is 9.61. The van der Waals surface area contributed by atoms with Crippen LogP contribution in [0.1, 0.15) is 10.5 Å². The number of thiazole rings is 1. The molecule has 1 aliphatic heterocycles. The second-order valence-corrected chi connectivity index (χ2v) is 7.11. The highest BCUT2D eigenvalue weighted by molar-refractivity contribution is 7.18. The van der Waals surface area contributed by atoms with Gasteiger partial charge in [-0.25, -0.2) is 19.7 Å². The number of carbonyl (C=O) groups is 1. The Morgan fingerprint density at radius 1 is 1.18 bits per heavy atom. The standard InChI is InChI=1S/C19H19N5O3S/c1-26-18(25)15-3-2-13(11-21-15)16-12-22-19(28-16)23-17-10-14(4-5-20-17)24-6-8-27-9-7-24/h2-5,10-12H,6-9H2,1H3,(H,20,22,23). The van der Waals surface area contributed by atoms with Crippen molar-refractivity contribution in [1.82, 2.24) is 15.0 Å². The Balaban J connectivity index is 1.47. The Hall–Kier alpha value is -3.04. The van der Waals surface area contributed by atoms with Gasteiger partial charge in [0.1, 0.15) is 11.5 Å². The second kappa shape index (κ2) is 8.32. The molecule has 0 aromatic carbocycles. The zero-order valence-electron chi connectivity index (χ0n) is 15.3. The summed E-state index contributed by atoms with van der Waals surface area (Å²) in [5.41, 5.74) is 2.27. The largest absolute Gasteiger partial charge is 0.464 e. The average molecular weight is 397 g/mol. The summed E-state index contributed by atoms with van der Waals surface area (Å²) in [6.07, 6.45) is 5.20. The maximum atomic E-state index is 11.5. The minimum Gasteiger partial charge on any atom is -0.464 e. The predicted octanol–water partition coefficient (Wildman–Crippen LogP) is 2.97. The molecule has 9 heteroatoms. The van der Waals surface area contributed by atoms with Crippen molar-refractivity contribution in [2.75, 3.05) is 43.6 Å². The van der Waals surface area contributed by atoms with Crippen LogP contribution in [-0.2, 0) is 9.47 Å². The van der Waals surface area contributed by atoms with Crippen LogP contribution in [0, 0.1) is 0 Å². The highest BCUT2D eigenvalue weighted by Crippen LogP contribution is 2.30. The lowest BCUT2D eigenvalue weighted by Gasteiger charge is -2.28. The van der Waals surface area contributed by atoms with Gasteiger partial charge in [-0.05, 0) is 18.2 Å². The highest BCUT2D eigenvalue weighted by Gasteiger charge is 2.13. The van der Waals surface area contributed by atoms with Gasteiger partial charge in [0.05, 0.1) is 25.2 Å². The van der Waals surface area contributed by atoms with Gasteiger partial charge in [-0.3, -0.25) is 0 Å². The quantitative estimate of drug-likeness (QED) is 0.657. The van der Waals surface area contributed by atoms with E-state index in [0.29, 0.717) is 0 Å². The number of nitrogens with one attached hydrogen (secondary N) is 1. The van der Waals surface area contributed by atoms with Crippen molar-refractivity contribution < 1.29 is 14.3 Å². The van der Waals surface area contributed by atoms with E-state index in [9.17, 15) is 4.79 Å². The third-order valence-electron chi connectivity index (χ3n) is 4.30. The summed E-state index contributed by atoms with van der Waals surface area (Å²) in [7, 11) is 1.33. The zero-order chi connectivity index (χ0) is 19.3. The minimum atomic E-state index is -0.454. The Bertz CT molecular complexity index is 954. The van der Waals surface area contributed by atoms with Gasteiger partial charge in [0.15, 0.2) is 5.13 Å². The Labute approximate surface area is 166 Å². The molecule has 0 radical (unpaired) electrons. The molecule has 4 heterocycles. The van der Waals surface area contributed by atoms with Crippen molar-refractivity contribution in [2.24, 2.45) is 0 Å². The number of pyridine rings is 2. The molecule has 0 spiro atoms. The van der Waals surface area contributed by atoms with Crippen LogP contribution >= 0.6 is 11.3 Å². The topological polar surface area (TPSA) is 89.5 Å². The van der Waals surface area contributed by atoms with Crippen molar-refractivity contribution in [3.63, 3.8) is 0 Å². The molecule has 0 amide bonds. The van der Waals surface area contributed by atoms with E-state index >= 15 is 0 Å². The number of nitrogens with zero attached hydrogens (tertiary/aromatic N) is 4. The molecule has 1 fully saturated rings. The van der Waals surface area contributed by atoms with E-state index in [0.717, 1.165) is 53.4 Å². The number of ether oxygens (including phenoxy) is 2. The van der Waals surface area contributed by atoms with Gasteiger partial charge in [-0.2, -0.15) is 0 Å². The molecule has 3 aromatic heterocycles. The smallest absolute Gasteiger partial charge is 0.356 e. The van der Waals surface area contributed by atoms with Crippen LogP contribution in [0.2, 0.25) is 0 Å². The molecule has 28 heavy (non-hydrogen) atoms. The number of morpholine rings is 1. The Morgan fingerprint density at radius 2 is 2.04 bits per heavy atom. The fourth-order valence-electron chi connectivity index (χ4n) is 2.85. The predicted molar refractivity (Wildman–Crippen MR) is 107 cm³/mol. The van der Waals surface area contributed by atoms with Gasteiger partial charge in [-0.1, -0.05) is 11.3 Å². The van der Waals surface area contributed by atoms with E-state index in [-0.39, 0.29) is 5.69 Å². The SMILES string of the molecule is COC(=O)c1ccc(-c2cnc(Nc3cc(N4CCOCC4)ccn3)s2)cn1. The van der Waals surface area contributed by atoms with E-state index < -0.39 is 5.97 Å². The summed E-state index contributed by atoms with van der Waals surface area (Å²) in [6, 6.07) is 7.48. The summed E-state index contributed by atoms with van der Waals surface area (Å²) in [6.45, 7) is 3.23. The van der Waals surface area contributed by atoms with Gasteiger partial charge in [0.2, 0.25) is 0 Å². The van der Waals surface area contributed by atoms with Crippen LogP contribution < -0.4 is 10.2 Å². The lowest BCUT2D eigenvalue weighted by Crippen LogP contribution is -2.36. The molecule has 1 aliphatic rings. The van der Waals surface area contributed by atoms with E-state index in [4.69, 9.17) is 4.74 Å². The third kappa shape index (κ3) is 4.10. The fourth-order valence-corrected chi connectivity index (χ4v) is 3.66. The normalized spacial score (nSPS) is 14.0. The monoisotopic (exact) mass is 397 g/mol. The van der Waals surface area contributed by atoms with Gasteiger partial charge >= 0.3 is 5.97 Å². The summed E-state index contributed by atoms with van der Waals surface area (Å²) < 4.78 is 10.1. The number of anilines is 3. The van der Waals surface area contributed by atoms with Crippen LogP contribution in [0.4, 0.5) is 16.6 Å². The van der Waals surface area contributed by atoms with E-state index in [1.54, 1.807) is 24.7 Å². The number of aromatic nitrogens is 3. The number of esters is 1. The summed E-state index contributed by atoms with van der Waals surface area (Å²) >= 11 is 1.49. The zero-order valence-corrected chi connectivity index (χ0v) is 16.1. The van der Waals surface area contributed by atoms with Crippen LogP contribution in [-0.4, -0.2) is 54.3 Å². The van der Waals surface area contributed by atoms with Gasteiger partial charge in [0.25, 0.3) is 0 Å². The molecule has 144 valence electrons. The van der Waals surface area contributed by atoms with Crippen molar-refractivity contribution in [1.29, 1.82) is 0 Å². The van der Waals surface area contributed by atoms with Crippen LogP contribution in [0.5, 0.6) is 0 Å². The number of methoxy groups -OCH3 is 1. The maximum absolute atomic E-state index is 11.5. The summed E-state index contributed by atoms with van der Waals surface area (Å²) in [5.74, 6) is 0.286. The first-order chi connectivity index (χ1) is 13.7. The lowest BCUT2D eigenvalue weighted by atomic mass is 10.2. The molecule has 3 aromatic rings. The van der Waals surface area contributed by atoms with Gasteiger partial charge in [-0.15, -0.1) is 0 Å². The minimum absolute atomic E-state index is 0.276. The maximum Gasteiger partial charge on any atom is 0.356 e. The lowest BCUT2D eigenvalue weighted by molar-refractivity contribution is 0.0594. The van der Waals surface area contributed by atoms with E-state index in [1.807, 2.05) is 18.2 Å². The molecule has 0 aliphatic carbocycles. The summed E-state index contributed by atoms with van der Waals surface area (Å²) in [5, 5.41) is 3.99. The van der Waals surface area contributed by atoms with Crippen molar-refractivity contribution in [3.8, 4) is 10.4 Å². The number of hydrogen-bond donors (Lipinski definition) is 1. The molecule has 1 saturated heterocycles. The molecule has 0 unspecified atom stereocenters. The molecule has 0 saturated carbocycles. The van der Waals surface area contributed by atoms with E-state index in [1.165, 1.54) is 18.4 Å². The van der Waals surface area contributed by atoms with Crippen molar-refractivity contribution >= 4 is 33.9 Å². The average Bonchev–Trinajstić information content (AvgIpc) is 3.22. The number of carbonyl (C=O) groups excluding carboxylic acids is 1. The highest BCUT2D eigenvalue weighted by atomic mass is 32.1. The molecule has 8 nitrogen and oxygen atoms in total. The number of rotatable bonds is 5. The third-order valence-corrected chi connectivity index (χ3v) is 5.26. The van der Waals surface area contributed by atoms with Crippen molar-refractivity contribution in [2.45, 2.75) is 0 Å². The van der Waals surface area contributed by atoms with Crippen LogP contribution in [0.3, 0.4) is 0 Å². The second-order valence-electron chi connectivity index (χ2n) is 6.08. The molecule has 0 atom stereocenters. The van der Waals surface area contributed by atoms with Gasteiger partial charge in [0, 0.05) is 49.0 Å². The molecule has 0 bridgehead atoms. The molecular formula is C19H19N5O3S. The fraction of sp³-hybridized carbons (Fsp3) is 0.263. The van der Waals surface area contributed by atoms with E-state index in [2.05, 4.69) is 29.9 Å². The summed E-state index contributed by atoms with van der Waals surface area (Å²) in [4.78, 5) is 27.6. The Kier molecular flexibility index (Phi) is 5.45. The molecule has 4 rings (SSSR count). The molecule has 1 N–H and O–H groups in total.